The molecule has 8 heteroatoms. The van der Waals surface area contributed by atoms with Gasteiger partial charge in [0.15, 0.2) is 5.96 Å². The van der Waals surface area contributed by atoms with Crippen LogP contribution in [0.25, 0.3) is 0 Å². The molecule has 1 saturated heterocycles. The number of aryl methyl sites for hydroxylation is 1. The van der Waals surface area contributed by atoms with E-state index in [1.165, 1.54) is 15.4 Å². The van der Waals surface area contributed by atoms with Gasteiger partial charge in [0.05, 0.1) is 24.5 Å². The van der Waals surface area contributed by atoms with Crippen LogP contribution >= 0.6 is 0 Å². The highest BCUT2D eigenvalue weighted by Gasteiger charge is 2.30. The molecule has 1 aromatic rings. The van der Waals surface area contributed by atoms with E-state index in [-0.39, 0.29) is 24.5 Å². The van der Waals surface area contributed by atoms with Gasteiger partial charge in [-0.2, -0.15) is 4.31 Å². The minimum Gasteiger partial charge on any atom is -0.373 e. The predicted octanol–water partition coefficient (Wildman–Crippen LogP) is 1.83. The Kier molecular flexibility index (Phi) is 8.27. The molecular weight excluding hydrogens is 376 g/mol. The normalized spacial score (nSPS) is 21.5. The Labute approximate surface area is 169 Å². The Hall–Kier alpha value is -1.64. The zero-order valence-electron chi connectivity index (χ0n) is 17.7. The van der Waals surface area contributed by atoms with E-state index in [0.29, 0.717) is 25.6 Å². The molecule has 0 saturated carbocycles. The number of nitrogens with zero attached hydrogens (tertiary/aromatic N) is 3. The summed E-state index contributed by atoms with van der Waals surface area (Å²) in [7, 11) is -1.39. The average molecular weight is 411 g/mol. The van der Waals surface area contributed by atoms with Crippen LogP contribution in [0.1, 0.15) is 31.9 Å². The van der Waals surface area contributed by atoms with Gasteiger partial charge in [0, 0.05) is 33.2 Å². The lowest BCUT2D eigenvalue weighted by Gasteiger charge is -2.34. The molecular formula is C20H34N4O3S. The first kappa shape index (κ1) is 22.6. The summed E-state index contributed by atoms with van der Waals surface area (Å²) in [5, 5.41) is 3.25. The van der Waals surface area contributed by atoms with Gasteiger partial charge >= 0.3 is 0 Å². The van der Waals surface area contributed by atoms with E-state index < -0.39 is 10.0 Å². The van der Waals surface area contributed by atoms with Gasteiger partial charge in [-0.05, 0) is 38.8 Å². The van der Waals surface area contributed by atoms with E-state index in [1.54, 1.807) is 0 Å². The molecule has 1 heterocycles. The quantitative estimate of drug-likeness (QED) is 0.548. The summed E-state index contributed by atoms with van der Waals surface area (Å²) in [6.07, 6.45) is -0.167. The summed E-state index contributed by atoms with van der Waals surface area (Å²) < 4.78 is 32.5. The molecule has 158 valence electrons. The Morgan fingerprint density at radius 1 is 1.29 bits per heavy atom. The number of nitrogens with one attached hydrogen (secondary N) is 1. The predicted molar refractivity (Wildman–Crippen MR) is 114 cm³/mol. The Balaban J connectivity index is 2.00. The van der Waals surface area contributed by atoms with E-state index in [1.807, 2.05) is 44.9 Å². The zero-order chi connectivity index (χ0) is 20.7. The number of ether oxygens (including phenoxy) is 1. The first-order valence-electron chi connectivity index (χ1n) is 9.90. The van der Waals surface area contributed by atoms with E-state index in [0.717, 1.165) is 6.54 Å². The lowest BCUT2D eigenvalue weighted by atomic mass is 10.1. The highest BCUT2D eigenvalue weighted by atomic mass is 32.2. The second-order valence-corrected chi connectivity index (χ2v) is 9.50. The monoisotopic (exact) mass is 410 g/mol. The fourth-order valence-corrected chi connectivity index (χ4v) is 4.80. The van der Waals surface area contributed by atoms with Crippen molar-refractivity contribution in [2.24, 2.45) is 4.99 Å². The van der Waals surface area contributed by atoms with E-state index >= 15 is 0 Å². The average Bonchev–Trinajstić information content (AvgIpc) is 2.62. The number of hydrogen-bond donors (Lipinski definition) is 1. The lowest BCUT2D eigenvalue weighted by Crippen LogP contribution is -2.49. The van der Waals surface area contributed by atoms with Crippen LogP contribution in [0.4, 0.5) is 0 Å². The van der Waals surface area contributed by atoms with Crippen LogP contribution in [0, 0.1) is 6.92 Å². The number of benzene rings is 1. The van der Waals surface area contributed by atoms with E-state index in [4.69, 9.17) is 4.74 Å². The summed E-state index contributed by atoms with van der Waals surface area (Å²) in [5.74, 6) is 0.712. The molecule has 28 heavy (non-hydrogen) atoms. The SMILES string of the molecule is CCNC(=NCCS(=O)(=O)N1CC(C)OC(C)C1)N(C)Cc1ccccc1C. The first-order valence-corrected chi connectivity index (χ1v) is 11.5. The Bertz CT molecular complexity index is 756. The molecule has 0 amide bonds. The third-order valence-electron chi connectivity index (χ3n) is 4.76. The van der Waals surface area contributed by atoms with E-state index in [9.17, 15) is 8.42 Å². The maximum absolute atomic E-state index is 12.7. The lowest BCUT2D eigenvalue weighted by molar-refractivity contribution is -0.0440. The molecule has 2 atom stereocenters. The number of sulfonamides is 1. The Morgan fingerprint density at radius 2 is 1.93 bits per heavy atom. The molecule has 2 unspecified atom stereocenters. The van der Waals surface area contributed by atoms with Crippen LogP contribution in [0.15, 0.2) is 29.3 Å². The molecule has 2 rings (SSSR count). The molecule has 0 bridgehead atoms. The molecule has 1 fully saturated rings. The van der Waals surface area contributed by atoms with Gasteiger partial charge in [-0.15, -0.1) is 0 Å². The van der Waals surface area contributed by atoms with Gasteiger partial charge in [-0.25, -0.2) is 8.42 Å². The van der Waals surface area contributed by atoms with Crippen LogP contribution in [-0.4, -0.2) is 74.8 Å². The molecule has 7 nitrogen and oxygen atoms in total. The second-order valence-electron chi connectivity index (χ2n) is 7.41. The third-order valence-corrected chi connectivity index (χ3v) is 6.54. The number of aliphatic imine (C=N–C) groups is 1. The number of guanidine groups is 1. The highest BCUT2D eigenvalue weighted by Crippen LogP contribution is 2.15. The second kappa shape index (κ2) is 10.2. The molecule has 0 aliphatic carbocycles. The molecule has 0 spiro atoms. The summed E-state index contributed by atoms with van der Waals surface area (Å²) in [6.45, 7) is 10.4. The van der Waals surface area contributed by atoms with Crippen LogP contribution in [0.3, 0.4) is 0 Å². The van der Waals surface area contributed by atoms with Crippen molar-refractivity contribution in [1.29, 1.82) is 0 Å². The van der Waals surface area contributed by atoms with Gasteiger partial charge in [-0.3, -0.25) is 4.99 Å². The van der Waals surface area contributed by atoms with Crippen LogP contribution in [0.5, 0.6) is 0 Å². The van der Waals surface area contributed by atoms with Crippen molar-refractivity contribution in [2.75, 3.05) is 39.0 Å². The fourth-order valence-electron chi connectivity index (χ4n) is 3.34. The van der Waals surface area contributed by atoms with Crippen LogP contribution in [-0.2, 0) is 21.3 Å². The molecule has 1 aliphatic heterocycles. The van der Waals surface area contributed by atoms with Crippen molar-refractivity contribution in [2.45, 2.75) is 46.4 Å². The maximum atomic E-state index is 12.7. The zero-order valence-corrected chi connectivity index (χ0v) is 18.5. The Morgan fingerprint density at radius 3 is 2.54 bits per heavy atom. The highest BCUT2D eigenvalue weighted by molar-refractivity contribution is 7.89. The summed E-state index contributed by atoms with van der Waals surface area (Å²) in [6, 6.07) is 8.23. The van der Waals surface area contributed by atoms with E-state index in [2.05, 4.69) is 29.4 Å². The summed E-state index contributed by atoms with van der Waals surface area (Å²) >= 11 is 0. The van der Waals surface area contributed by atoms with Crippen molar-refractivity contribution in [3.63, 3.8) is 0 Å². The molecule has 0 radical (unpaired) electrons. The van der Waals surface area contributed by atoms with Crippen LogP contribution < -0.4 is 5.32 Å². The first-order chi connectivity index (χ1) is 13.2. The van der Waals surface area contributed by atoms with Gasteiger partial charge in [0.1, 0.15) is 0 Å². The molecule has 1 N–H and O–H groups in total. The minimum atomic E-state index is -3.35. The van der Waals surface area contributed by atoms with Crippen molar-refractivity contribution in [3.05, 3.63) is 35.4 Å². The molecule has 0 aromatic heterocycles. The van der Waals surface area contributed by atoms with Gasteiger partial charge in [0.25, 0.3) is 0 Å². The topological polar surface area (TPSA) is 74.2 Å². The van der Waals surface area contributed by atoms with Crippen molar-refractivity contribution >= 4 is 16.0 Å². The van der Waals surface area contributed by atoms with Gasteiger partial charge in [-0.1, -0.05) is 24.3 Å². The van der Waals surface area contributed by atoms with Crippen molar-refractivity contribution < 1.29 is 13.2 Å². The van der Waals surface area contributed by atoms with Gasteiger partial charge < -0.3 is 15.0 Å². The van der Waals surface area contributed by atoms with Gasteiger partial charge in [0.2, 0.25) is 10.0 Å². The van der Waals surface area contributed by atoms with Crippen molar-refractivity contribution in [1.82, 2.24) is 14.5 Å². The molecule has 1 aliphatic rings. The number of morpholine rings is 1. The summed E-state index contributed by atoms with van der Waals surface area (Å²) in [4.78, 5) is 6.58. The number of hydrogen-bond acceptors (Lipinski definition) is 4. The third kappa shape index (κ3) is 6.46. The summed E-state index contributed by atoms with van der Waals surface area (Å²) in [5.41, 5.74) is 2.45. The largest absolute Gasteiger partial charge is 0.373 e. The van der Waals surface area contributed by atoms with Crippen molar-refractivity contribution in [3.8, 4) is 0 Å². The molecule has 1 aromatic carbocycles. The maximum Gasteiger partial charge on any atom is 0.216 e. The van der Waals surface area contributed by atoms with Crippen LogP contribution in [0.2, 0.25) is 0 Å². The fraction of sp³-hybridized carbons (Fsp3) is 0.650. The number of rotatable bonds is 7. The minimum absolute atomic E-state index is 0.000457. The standard InChI is InChI=1S/C20H34N4O3S/c1-6-21-20(23(5)15-19-10-8-7-9-16(19)2)22-11-12-28(25,26)24-13-17(3)27-18(4)14-24/h7-10,17-18H,6,11-15H2,1-5H3,(H,21,22). The smallest absolute Gasteiger partial charge is 0.216 e.